The van der Waals surface area contributed by atoms with Crippen LogP contribution in [0.15, 0.2) is 78.6 Å². The van der Waals surface area contributed by atoms with Gasteiger partial charge in [-0.3, -0.25) is 9.69 Å². The van der Waals surface area contributed by atoms with Gasteiger partial charge in [0, 0.05) is 16.3 Å². The first-order chi connectivity index (χ1) is 14.0. The first-order valence-corrected chi connectivity index (χ1v) is 10.1. The lowest BCUT2D eigenvalue weighted by atomic mass is 9.92. The summed E-state index contributed by atoms with van der Waals surface area (Å²) < 4.78 is 0. The van der Waals surface area contributed by atoms with E-state index in [9.17, 15) is 9.90 Å². The smallest absolute Gasteiger partial charge is 0.294 e. The Morgan fingerprint density at radius 1 is 0.931 bits per heavy atom. The first-order valence-electron chi connectivity index (χ1n) is 9.67. The zero-order chi connectivity index (χ0) is 20.5. The fourth-order valence-corrected chi connectivity index (χ4v) is 3.88. The first kappa shape index (κ1) is 19.3. The van der Waals surface area contributed by atoms with Gasteiger partial charge in [0.2, 0.25) is 0 Å². The summed E-state index contributed by atoms with van der Waals surface area (Å²) >= 11 is 6.05. The summed E-state index contributed by atoms with van der Waals surface area (Å²) in [7, 11) is 0. The van der Waals surface area contributed by atoms with Crippen LogP contribution < -0.4 is 4.90 Å². The molecule has 0 aliphatic carbocycles. The zero-order valence-electron chi connectivity index (χ0n) is 16.4. The van der Waals surface area contributed by atoms with Gasteiger partial charge >= 0.3 is 0 Å². The van der Waals surface area contributed by atoms with E-state index in [1.807, 2.05) is 43.3 Å². The van der Waals surface area contributed by atoms with E-state index in [2.05, 4.69) is 19.1 Å². The lowest BCUT2D eigenvalue weighted by molar-refractivity contribution is -0.117. The number of nitrogens with zero attached hydrogens (tertiary/aromatic N) is 1. The number of hydrogen-bond acceptors (Lipinski definition) is 2. The Labute approximate surface area is 175 Å². The molecule has 1 aliphatic heterocycles. The van der Waals surface area contributed by atoms with Crippen molar-refractivity contribution in [2.24, 2.45) is 0 Å². The van der Waals surface area contributed by atoms with E-state index in [4.69, 9.17) is 11.6 Å². The van der Waals surface area contributed by atoms with Crippen molar-refractivity contribution in [2.45, 2.75) is 26.3 Å². The van der Waals surface area contributed by atoms with Crippen LogP contribution in [-0.4, -0.2) is 11.0 Å². The topological polar surface area (TPSA) is 40.5 Å². The maximum atomic E-state index is 13.1. The number of hydrogen-bond donors (Lipinski definition) is 1. The quantitative estimate of drug-likeness (QED) is 0.557. The van der Waals surface area contributed by atoms with Gasteiger partial charge in [-0.1, -0.05) is 72.6 Å². The van der Waals surface area contributed by atoms with Gasteiger partial charge in [0.1, 0.15) is 0 Å². The second-order valence-electron chi connectivity index (χ2n) is 7.28. The molecule has 0 spiro atoms. The van der Waals surface area contributed by atoms with Gasteiger partial charge < -0.3 is 5.11 Å². The van der Waals surface area contributed by atoms with Crippen LogP contribution in [0.25, 0.3) is 5.57 Å². The molecule has 4 rings (SSSR count). The van der Waals surface area contributed by atoms with Crippen molar-refractivity contribution in [3.63, 3.8) is 0 Å². The van der Waals surface area contributed by atoms with E-state index in [0.29, 0.717) is 16.3 Å². The van der Waals surface area contributed by atoms with Gasteiger partial charge in [0.05, 0.1) is 6.04 Å². The van der Waals surface area contributed by atoms with Crippen LogP contribution in [-0.2, 0) is 11.2 Å². The number of anilines is 1. The fourth-order valence-electron chi connectivity index (χ4n) is 3.75. The van der Waals surface area contributed by atoms with E-state index in [0.717, 1.165) is 23.1 Å². The number of aliphatic hydroxyl groups excluding tert-OH is 1. The zero-order valence-corrected chi connectivity index (χ0v) is 17.1. The monoisotopic (exact) mass is 403 g/mol. The number of aliphatic hydroxyl groups is 1. The van der Waals surface area contributed by atoms with Crippen molar-refractivity contribution in [3.8, 4) is 0 Å². The van der Waals surface area contributed by atoms with E-state index in [-0.39, 0.29) is 5.76 Å². The van der Waals surface area contributed by atoms with Gasteiger partial charge in [-0.15, -0.1) is 0 Å². The number of benzene rings is 3. The maximum Gasteiger partial charge on any atom is 0.294 e. The molecule has 1 N–H and O–H groups in total. The third kappa shape index (κ3) is 3.54. The van der Waals surface area contributed by atoms with Crippen LogP contribution in [0.3, 0.4) is 0 Å². The molecule has 3 nitrogen and oxygen atoms in total. The highest BCUT2D eigenvalue weighted by atomic mass is 35.5. The number of amides is 1. The minimum Gasteiger partial charge on any atom is -0.503 e. The molecule has 0 radical (unpaired) electrons. The molecule has 1 heterocycles. The molecule has 1 aliphatic rings. The van der Waals surface area contributed by atoms with Crippen molar-refractivity contribution in [1.29, 1.82) is 0 Å². The normalized spacial score (nSPS) is 16.6. The molecule has 0 bridgehead atoms. The minimum absolute atomic E-state index is 0.214. The predicted molar refractivity (Wildman–Crippen MR) is 118 cm³/mol. The van der Waals surface area contributed by atoms with Gasteiger partial charge in [0.15, 0.2) is 5.76 Å². The summed E-state index contributed by atoms with van der Waals surface area (Å²) in [6.45, 7) is 4.12. The summed E-state index contributed by atoms with van der Waals surface area (Å²) in [6.07, 6.45) is 0.941. The van der Waals surface area contributed by atoms with Crippen molar-refractivity contribution >= 4 is 28.8 Å². The van der Waals surface area contributed by atoms with Crippen LogP contribution in [0, 0.1) is 6.92 Å². The van der Waals surface area contributed by atoms with Crippen molar-refractivity contribution in [1.82, 2.24) is 0 Å². The van der Waals surface area contributed by atoms with E-state index in [1.54, 1.807) is 29.2 Å². The van der Waals surface area contributed by atoms with Crippen molar-refractivity contribution in [3.05, 3.63) is 106 Å². The van der Waals surface area contributed by atoms with Crippen molar-refractivity contribution < 1.29 is 9.90 Å². The molecule has 0 aromatic heterocycles. The highest BCUT2D eigenvalue weighted by molar-refractivity contribution is 6.30. The molecule has 1 amide bonds. The summed E-state index contributed by atoms with van der Waals surface area (Å²) in [6, 6.07) is 22.8. The molecule has 0 unspecified atom stereocenters. The largest absolute Gasteiger partial charge is 0.503 e. The number of rotatable bonds is 4. The molecular formula is C25H22ClNO2. The van der Waals surface area contributed by atoms with E-state index < -0.39 is 11.9 Å². The Kier molecular flexibility index (Phi) is 5.16. The standard InChI is InChI=1S/C25H22ClNO2/c1-3-17-6-10-19(11-7-17)23-22(18-8-4-16(2)5-9-18)24(28)25(29)27(23)21-14-12-20(26)13-15-21/h4-15,23,28H,3H2,1-2H3/t23-/m1/s1. The van der Waals surface area contributed by atoms with E-state index in [1.165, 1.54) is 5.56 Å². The molecule has 1 atom stereocenters. The number of halogens is 1. The summed E-state index contributed by atoms with van der Waals surface area (Å²) in [5.41, 5.74) is 5.44. The molecule has 4 heteroatoms. The summed E-state index contributed by atoms with van der Waals surface area (Å²) in [4.78, 5) is 14.8. The van der Waals surface area contributed by atoms with Gasteiger partial charge in [0.25, 0.3) is 5.91 Å². The third-order valence-electron chi connectivity index (χ3n) is 5.38. The Balaban J connectivity index is 1.88. The average Bonchev–Trinajstić information content (AvgIpc) is 3.00. The maximum absolute atomic E-state index is 13.1. The molecule has 0 fully saturated rings. The molecular weight excluding hydrogens is 382 g/mol. The Morgan fingerprint density at radius 3 is 2.14 bits per heavy atom. The van der Waals surface area contributed by atoms with Crippen molar-refractivity contribution in [2.75, 3.05) is 4.90 Å². The summed E-state index contributed by atoms with van der Waals surface area (Å²) in [5.74, 6) is -0.624. The Hall–Kier alpha value is -3.04. The summed E-state index contributed by atoms with van der Waals surface area (Å²) in [5, 5.41) is 11.5. The highest BCUT2D eigenvalue weighted by Crippen LogP contribution is 2.45. The van der Waals surface area contributed by atoms with Gasteiger partial charge in [-0.25, -0.2) is 0 Å². The second-order valence-corrected chi connectivity index (χ2v) is 7.71. The molecule has 146 valence electrons. The molecule has 0 saturated carbocycles. The van der Waals surface area contributed by atoms with Crippen LogP contribution >= 0.6 is 11.6 Å². The molecule has 0 saturated heterocycles. The number of carbonyl (C=O) groups excluding carboxylic acids is 1. The molecule has 3 aromatic rings. The predicted octanol–water partition coefficient (Wildman–Crippen LogP) is 6.27. The van der Waals surface area contributed by atoms with Gasteiger partial charge in [-0.05, 0) is 54.3 Å². The van der Waals surface area contributed by atoms with E-state index >= 15 is 0 Å². The minimum atomic E-state index is -0.419. The number of aryl methyl sites for hydroxylation is 2. The van der Waals surface area contributed by atoms with Crippen LogP contribution in [0.2, 0.25) is 5.02 Å². The lowest BCUT2D eigenvalue weighted by Crippen LogP contribution is -2.30. The lowest BCUT2D eigenvalue weighted by Gasteiger charge is -2.27. The highest BCUT2D eigenvalue weighted by Gasteiger charge is 2.41. The molecule has 29 heavy (non-hydrogen) atoms. The third-order valence-corrected chi connectivity index (χ3v) is 5.63. The van der Waals surface area contributed by atoms with Gasteiger partial charge in [-0.2, -0.15) is 0 Å². The number of carbonyl (C=O) groups is 1. The fraction of sp³-hybridized carbons (Fsp3) is 0.160. The second kappa shape index (κ2) is 7.76. The SMILES string of the molecule is CCc1ccc([C@@H]2C(c3ccc(C)cc3)=C(O)C(=O)N2c2ccc(Cl)cc2)cc1. The van der Waals surface area contributed by atoms with Crippen LogP contribution in [0.5, 0.6) is 0 Å². The van der Waals surface area contributed by atoms with Crippen LogP contribution in [0.4, 0.5) is 5.69 Å². The molecule has 3 aromatic carbocycles. The van der Waals surface area contributed by atoms with Crippen LogP contribution in [0.1, 0.15) is 35.2 Å². The Morgan fingerprint density at radius 2 is 1.55 bits per heavy atom. The average molecular weight is 404 g/mol. The Bertz CT molecular complexity index is 1070.